The fourth-order valence-electron chi connectivity index (χ4n) is 8.49. The number of aliphatic hydroxyl groups is 2. The van der Waals surface area contributed by atoms with E-state index in [1.807, 2.05) is 18.2 Å². The molecule has 34 heavy (non-hydrogen) atoms. The van der Waals surface area contributed by atoms with Crippen molar-refractivity contribution in [3.63, 3.8) is 0 Å². The number of aliphatic hydroxyl groups excluding tert-OH is 1. The van der Waals surface area contributed by atoms with Crippen molar-refractivity contribution in [1.82, 2.24) is 0 Å². The molecule has 1 fully saturated rings. The number of benzene rings is 1. The van der Waals surface area contributed by atoms with Gasteiger partial charge in [-0.1, -0.05) is 41.9 Å². The lowest BCUT2D eigenvalue weighted by Gasteiger charge is -2.58. The Bertz CT molecular complexity index is 1210. The van der Waals surface area contributed by atoms with Crippen molar-refractivity contribution in [3.05, 3.63) is 64.3 Å². The average molecular weight is 479 g/mol. The molecule has 1 aromatic rings. The van der Waals surface area contributed by atoms with E-state index in [0.717, 1.165) is 43.4 Å². The fourth-order valence-corrected chi connectivity index (χ4v) is 9.06. The summed E-state index contributed by atoms with van der Waals surface area (Å²) in [7, 11) is -1.04. The second-order valence-electron chi connectivity index (χ2n) is 11.4. The predicted molar refractivity (Wildman–Crippen MR) is 133 cm³/mol. The first-order chi connectivity index (χ1) is 16.2. The molecular weight excluding hydrogens is 444 g/mol. The topological polar surface area (TPSA) is 74.6 Å². The van der Waals surface area contributed by atoms with Crippen LogP contribution in [0.4, 0.5) is 0 Å². The maximum atomic E-state index is 12.5. The summed E-state index contributed by atoms with van der Waals surface area (Å²) in [5.74, 6) is 0.774. The Kier molecular flexibility index (Phi) is 5.05. The van der Waals surface area contributed by atoms with Crippen LogP contribution in [0.3, 0.4) is 0 Å². The minimum Gasteiger partial charge on any atom is -0.392 e. The molecule has 2 unspecified atom stereocenters. The number of allylic oxidation sites excluding steroid dienone is 4. The van der Waals surface area contributed by atoms with Gasteiger partial charge < -0.3 is 10.2 Å². The third-order valence-corrected chi connectivity index (χ3v) is 11.0. The normalized spacial score (nSPS) is 39.3. The Balaban J connectivity index is 1.59. The Morgan fingerprint density at radius 1 is 1.21 bits per heavy atom. The van der Waals surface area contributed by atoms with Crippen LogP contribution in [-0.2, 0) is 22.0 Å². The van der Waals surface area contributed by atoms with Gasteiger partial charge in [0, 0.05) is 45.1 Å². The summed E-state index contributed by atoms with van der Waals surface area (Å²) in [5, 5.41) is 21.3. The van der Waals surface area contributed by atoms with Crippen LogP contribution in [0.25, 0.3) is 0 Å². The zero-order valence-corrected chi connectivity index (χ0v) is 20.9. The van der Waals surface area contributed by atoms with Gasteiger partial charge in [0.25, 0.3) is 0 Å². The number of carbonyl (C=O) groups excluding carboxylic acids is 1. The quantitative estimate of drug-likeness (QED) is 0.626. The van der Waals surface area contributed by atoms with Gasteiger partial charge in [0.05, 0.1) is 12.2 Å². The van der Waals surface area contributed by atoms with Crippen molar-refractivity contribution in [1.29, 1.82) is 0 Å². The minimum absolute atomic E-state index is 0.0640. The minimum atomic E-state index is -1.04. The number of ketones is 1. The van der Waals surface area contributed by atoms with Crippen molar-refractivity contribution in [2.75, 3.05) is 12.9 Å². The predicted octanol–water partition coefficient (Wildman–Crippen LogP) is 4.53. The van der Waals surface area contributed by atoms with E-state index in [2.05, 4.69) is 19.1 Å². The lowest BCUT2D eigenvalue weighted by molar-refractivity contribution is -0.115. The van der Waals surface area contributed by atoms with Gasteiger partial charge in [0.15, 0.2) is 5.78 Å². The van der Waals surface area contributed by atoms with Crippen LogP contribution < -0.4 is 0 Å². The van der Waals surface area contributed by atoms with Crippen LogP contribution in [0.5, 0.6) is 0 Å². The summed E-state index contributed by atoms with van der Waals surface area (Å²) in [4.78, 5) is 13.3. The molecule has 2 N–H and O–H groups in total. The highest BCUT2D eigenvalue weighted by Gasteiger charge is 2.63. The van der Waals surface area contributed by atoms with Gasteiger partial charge in [-0.05, 0) is 80.2 Å². The van der Waals surface area contributed by atoms with E-state index in [0.29, 0.717) is 18.8 Å². The molecule has 180 valence electrons. The number of hydrogen-bond donors (Lipinski definition) is 2. The second-order valence-corrected chi connectivity index (χ2v) is 12.8. The van der Waals surface area contributed by atoms with Crippen LogP contribution in [0.2, 0.25) is 0 Å². The summed E-state index contributed by atoms with van der Waals surface area (Å²) in [6, 6.07) is 6.33. The van der Waals surface area contributed by atoms with E-state index in [-0.39, 0.29) is 29.1 Å². The first-order valence-electron chi connectivity index (χ1n) is 12.7. The van der Waals surface area contributed by atoms with Gasteiger partial charge in [-0.2, -0.15) is 0 Å². The molecule has 1 spiro atoms. The summed E-state index contributed by atoms with van der Waals surface area (Å²) in [5.41, 5.74) is 5.61. The van der Waals surface area contributed by atoms with Gasteiger partial charge in [-0.15, -0.1) is 0 Å². The lowest BCUT2D eigenvalue weighted by Crippen LogP contribution is -2.52. The van der Waals surface area contributed by atoms with E-state index in [1.54, 1.807) is 17.9 Å². The van der Waals surface area contributed by atoms with Gasteiger partial charge in [0.2, 0.25) is 0 Å². The van der Waals surface area contributed by atoms with Gasteiger partial charge >= 0.3 is 0 Å². The zero-order valence-electron chi connectivity index (χ0n) is 20.1. The molecule has 0 heterocycles. The molecule has 4 nitrogen and oxygen atoms in total. The fraction of sp³-hybridized carbons (Fsp3) is 0.552. The van der Waals surface area contributed by atoms with Crippen LogP contribution in [0, 0.1) is 16.7 Å². The maximum Gasteiger partial charge on any atom is 0.155 e. The Morgan fingerprint density at radius 2 is 2.03 bits per heavy atom. The molecule has 5 heteroatoms. The lowest BCUT2D eigenvalue weighted by atomic mass is 9.45. The van der Waals surface area contributed by atoms with Crippen molar-refractivity contribution < 1.29 is 19.2 Å². The number of rotatable bonds is 3. The zero-order chi connectivity index (χ0) is 23.9. The van der Waals surface area contributed by atoms with E-state index in [1.165, 1.54) is 22.3 Å². The third kappa shape index (κ3) is 2.90. The van der Waals surface area contributed by atoms with E-state index < -0.39 is 16.4 Å². The highest BCUT2D eigenvalue weighted by molar-refractivity contribution is 7.84. The highest BCUT2D eigenvalue weighted by Crippen LogP contribution is 2.70. The molecule has 0 radical (unpaired) electrons. The Hall–Kier alpha value is -1.82. The summed E-state index contributed by atoms with van der Waals surface area (Å²) in [6.07, 6.45) is 14.0. The molecule has 1 aromatic carbocycles. The van der Waals surface area contributed by atoms with Crippen LogP contribution in [-0.4, -0.2) is 38.7 Å². The van der Waals surface area contributed by atoms with E-state index >= 15 is 0 Å². The molecule has 0 aromatic heterocycles. The standard InChI is InChI=1S/C29H34O4S/c1-27-17-24-22-7-5-21(34(2)33)14-18(22)16-28-11-8-20(31)15-19(28)4-6-23(26(24)28)25(27)9-12-29(27,32)10-3-13-30/h3,5,7,10,14-15,24-25,30,32H,4,6,8-9,11-13,16-17H2,1-2H3/b10-3-/t24?,25-,27-,28+,29-,34?/m0/s1. The van der Waals surface area contributed by atoms with Crippen molar-refractivity contribution in [2.24, 2.45) is 16.7 Å². The van der Waals surface area contributed by atoms with Crippen molar-refractivity contribution >= 4 is 16.6 Å². The monoisotopic (exact) mass is 478 g/mol. The maximum absolute atomic E-state index is 12.5. The molecule has 1 saturated carbocycles. The average Bonchev–Trinajstić information content (AvgIpc) is 3.08. The molecule has 0 aliphatic heterocycles. The number of hydrogen-bond acceptors (Lipinski definition) is 4. The van der Waals surface area contributed by atoms with Crippen LogP contribution in [0.15, 0.2) is 58.0 Å². The Labute approximate surface area is 204 Å². The van der Waals surface area contributed by atoms with Crippen molar-refractivity contribution in [3.8, 4) is 0 Å². The van der Waals surface area contributed by atoms with E-state index in [9.17, 15) is 19.2 Å². The SMILES string of the molecule is CS(=O)c1ccc2c(c1)C[C@]13CCC(=O)C=C1CCC1=C3C2C[C@@]2(C)[C@H]1CC[C@@]2(O)/C=C\CO. The molecule has 6 atom stereocenters. The van der Waals surface area contributed by atoms with Crippen molar-refractivity contribution in [2.45, 2.75) is 74.7 Å². The van der Waals surface area contributed by atoms with Gasteiger partial charge in [0.1, 0.15) is 0 Å². The molecule has 5 aliphatic rings. The first kappa shape index (κ1) is 22.6. The third-order valence-electron chi connectivity index (χ3n) is 10.1. The molecular formula is C29H34O4S. The molecule has 5 aliphatic carbocycles. The summed E-state index contributed by atoms with van der Waals surface area (Å²) in [6.45, 7) is 2.19. The molecule has 0 saturated heterocycles. The highest BCUT2D eigenvalue weighted by atomic mass is 32.2. The second kappa shape index (κ2) is 7.59. The Morgan fingerprint density at radius 3 is 2.79 bits per heavy atom. The van der Waals surface area contributed by atoms with E-state index in [4.69, 9.17) is 0 Å². The molecule has 6 rings (SSSR count). The largest absolute Gasteiger partial charge is 0.392 e. The van der Waals surface area contributed by atoms with Gasteiger partial charge in [-0.25, -0.2) is 0 Å². The molecule has 0 bridgehead atoms. The number of carbonyl (C=O) groups is 1. The van der Waals surface area contributed by atoms with Crippen LogP contribution in [0.1, 0.15) is 68.9 Å². The molecule has 0 amide bonds. The summed E-state index contributed by atoms with van der Waals surface area (Å²) < 4.78 is 12.3. The first-order valence-corrected chi connectivity index (χ1v) is 14.2. The van der Waals surface area contributed by atoms with Crippen LogP contribution >= 0.6 is 0 Å². The van der Waals surface area contributed by atoms with Gasteiger partial charge in [-0.3, -0.25) is 9.00 Å². The number of fused-ring (bicyclic) bond motifs is 4. The smallest absolute Gasteiger partial charge is 0.155 e. The summed E-state index contributed by atoms with van der Waals surface area (Å²) >= 11 is 0.